The highest BCUT2D eigenvalue weighted by atomic mass is 15.1. The normalized spacial score (nSPS) is 13.6. The Morgan fingerprint density at radius 2 is 1.59 bits per heavy atom. The van der Waals surface area contributed by atoms with Crippen LogP contribution in [0.15, 0.2) is 0 Å². The van der Waals surface area contributed by atoms with Gasteiger partial charge in [0, 0.05) is 6.04 Å². The number of hydrogen-bond donors (Lipinski definition) is 1. The maximum Gasteiger partial charge on any atom is 0.00868 e. The molecule has 0 fully saturated rings. The smallest absolute Gasteiger partial charge is 0.00868 e. The summed E-state index contributed by atoms with van der Waals surface area (Å²) >= 11 is 0. The van der Waals surface area contributed by atoms with Gasteiger partial charge in [0.05, 0.1) is 0 Å². The molecule has 1 unspecified atom stereocenters. The predicted molar refractivity (Wildman–Crippen MR) is 78.6 cm³/mol. The molecule has 0 rings (SSSR count). The molecule has 1 atom stereocenters. The molecule has 2 heteroatoms. The van der Waals surface area contributed by atoms with Crippen molar-refractivity contribution in [2.24, 2.45) is 5.92 Å². The number of nitrogens with zero attached hydrogens (tertiary/aromatic N) is 1. The molecule has 0 radical (unpaired) electrons. The van der Waals surface area contributed by atoms with Crippen molar-refractivity contribution < 1.29 is 0 Å². The van der Waals surface area contributed by atoms with Gasteiger partial charge in [-0.2, -0.15) is 0 Å². The molecular weight excluding hydrogens is 208 g/mol. The van der Waals surface area contributed by atoms with Gasteiger partial charge in [-0.3, -0.25) is 0 Å². The molecule has 0 heterocycles. The Hall–Kier alpha value is -0.0800. The summed E-state index contributed by atoms with van der Waals surface area (Å²) in [6.07, 6.45) is 6.69. The second kappa shape index (κ2) is 11.0. The average Bonchev–Trinajstić information content (AvgIpc) is 2.31. The van der Waals surface area contributed by atoms with Gasteiger partial charge < -0.3 is 10.2 Å². The van der Waals surface area contributed by atoms with Crippen LogP contribution in [0, 0.1) is 5.92 Å². The SMILES string of the molecule is CCCNCCCCCCN(C)C(C)C(C)C. The number of unbranched alkanes of at least 4 members (excludes halogenated alkanes) is 3. The molecule has 0 aromatic rings. The molecule has 0 spiro atoms. The Kier molecular flexibility index (Phi) is 11.0. The van der Waals surface area contributed by atoms with E-state index in [0.717, 1.165) is 5.92 Å². The van der Waals surface area contributed by atoms with Crippen LogP contribution in [-0.2, 0) is 0 Å². The van der Waals surface area contributed by atoms with E-state index in [2.05, 4.69) is 45.0 Å². The van der Waals surface area contributed by atoms with Crippen LogP contribution in [0.1, 0.15) is 59.8 Å². The first kappa shape index (κ1) is 16.9. The van der Waals surface area contributed by atoms with Gasteiger partial charge in [-0.1, -0.05) is 33.6 Å². The van der Waals surface area contributed by atoms with Crippen molar-refractivity contribution in [3.05, 3.63) is 0 Å². The number of nitrogens with one attached hydrogen (secondary N) is 1. The minimum absolute atomic E-state index is 0.709. The summed E-state index contributed by atoms with van der Waals surface area (Å²) in [5.41, 5.74) is 0. The summed E-state index contributed by atoms with van der Waals surface area (Å²) < 4.78 is 0. The van der Waals surface area contributed by atoms with Crippen molar-refractivity contribution >= 4 is 0 Å². The standard InChI is InChI=1S/C15H34N2/c1-6-11-16-12-9-7-8-10-13-17(5)15(4)14(2)3/h14-16H,6-13H2,1-5H3. The van der Waals surface area contributed by atoms with Crippen LogP contribution >= 0.6 is 0 Å². The second-order valence-electron chi connectivity index (χ2n) is 5.63. The molecule has 0 bridgehead atoms. The predicted octanol–water partition coefficient (Wildman–Crippen LogP) is 3.52. The third-order valence-electron chi connectivity index (χ3n) is 3.70. The lowest BCUT2D eigenvalue weighted by molar-refractivity contribution is 0.204. The van der Waals surface area contributed by atoms with E-state index in [1.807, 2.05) is 0 Å². The number of hydrogen-bond acceptors (Lipinski definition) is 2. The van der Waals surface area contributed by atoms with E-state index < -0.39 is 0 Å². The largest absolute Gasteiger partial charge is 0.317 e. The third kappa shape index (κ3) is 9.61. The van der Waals surface area contributed by atoms with Crippen molar-refractivity contribution in [2.45, 2.75) is 65.8 Å². The second-order valence-corrected chi connectivity index (χ2v) is 5.63. The zero-order valence-electron chi connectivity index (χ0n) is 12.8. The molecule has 0 aliphatic heterocycles. The highest BCUT2D eigenvalue weighted by molar-refractivity contribution is 4.66. The fourth-order valence-corrected chi connectivity index (χ4v) is 1.98. The zero-order chi connectivity index (χ0) is 13.1. The van der Waals surface area contributed by atoms with Gasteiger partial charge in [-0.15, -0.1) is 0 Å². The average molecular weight is 242 g/mol. The Morgan fingerprint density at radius 3 is 2.18 bits per heavy atom. The molecule has 104 valence electrons. The summed E-state index contributed by atoms with van der Waals surface area (Å²) in [5.74, 6) is 0.762. The van der Waals surface area contributed by atoms with Gasteiger partial charge in [-0.25, -0.2) is 0 Å². The van der Waals surface area contributed by atoms with Crippen LogP contribution in [0.4, 0.5) is 0 Å². The van der Waals surface area contributed by atoms with Crippen molar-refractivity contribution in [3.8, 4) is 0 Å². The Bertz CT molecular complexity index is 157. The first-order valence-corrected chi connectivity index (χ1v) is 7.50. The molecule has 0 aliphatic carbocycles. The fraction of sp³-hybridized carbons (Fsp3) is 1.00. The minimum Gasteiger partial charge on any atom is -0.317 e. The van der Waals surface area contributed by atoms with E-state index in [-0.39, 0.29) is 0 Å². The molecule has 1 N–H and O–H groups in total. The molecule has 0 aliphatic rings. The maximum absolute atomic E-state index is 3.46. The van der Waals surface area contributed by atoms with Crippen molar-refractivity contribution in [1.82, 2.24) is 10.2 Å². The summed E-state index contributed by atoms with van der Waals surface area (Å²) in [5, 5.41) is 3.46. The summed E-state index contributed by atoms with van der Waals surface area (Å²) in [7, 11) is 2.26. The topological polar surface area (TPSA) is 15.3 Å². The van der Waals surface area contributed by atoms with E-state index in [1.54, 1.807) is 0 Å². The minimum atomic E-state index is 0.709. The molecule has 0 aromatic heterocycles. The van der Waals surface area contributed by atoms with Gasteiger partial charge in [-0.05, 0) is 58.8 Å². The maximum atomic E-state index is 3.46. The van der Waals surface area contributed by atoms with Gasteiger partial charge in [0.2, 0.25) is 0 Å². The quantitative estimate of drug-likeness (QED) is 0.558. The van der Waals surface area contributed by atoms with Gasteiger partial charge in [0.25, 0.3) is 0 Å². The molecule has 0 amide bonds. The molecule has 0 saturated carbocycles. The molecular formula is C15H34N2. The van der Waals surface area contributed by atoms with Crippen molar-refractivity contribution in [3.63, 3.8) is 0 Å². The molecule has 17 heavy (non-hydrogen) atoms. The van der Waals surface area contributed by atoms with Crippen LogP contribution in [-0.4, -0.2) is 37.6 Å². The van der Waals surface area contributed by atoms with E-state index in [9.17, 15) is 0 Å². The summed E-state index contributed by atoms with van der Waals surface area (Å²) in [6.45, 7) is 12.8. The van der Waals surface area contributed by atoms with Crippen molar-refractivity contribution in [1.29, 1.82) is 0 Å². The Balaban J connectivity index is 3.27. The highest BCUT2D eigenvalue weighted by Gasteiger charge is 2.11. The summed E-state index contributed by atoms with van der Waals surface area (Å²) in [6, 6.07) is 0.709. The van der Waals surface area contributed by atoms with E-state index in [0.29, 0.717) is 6.04 Å². The lowest BCUT2D eigenvalue weighted by Gasteiger charge is -2.27. The molecule has 2 nitrogen and oxygen atoms in total. The van der Waals surface area contributed by atoms with Crippen LogP contribution < -0.4 is 5.32 Å². The van der Waals surface area contributed by atoms with Gasteiger partial charge in [0.1, 0.15) is 0 Å². The van der Waals surface area contributed by atoms with E-state index in [1.165, 1.54) is 51.7 Å². The fourth-order valence-electron chi connectivity index (χ4n) is 1.98. The Morgan fingerprint density at radius 1 is 0.941 bits per heavy atom. The van der Waals surface area contributed by atoms with E-state index >= 15 is 0 Å². The lowest BCUT2D eigenvalue weighted by atomic mass is 10.0. The van der Waals surface area contributed by atoms with Crippen LogP contribution in [0.2, 0.25) is 0 Å². The third-order valence-corrected chi connectivity index (χ3v) is 3.70. The van der Waals surface area contributed by atoms with Gasteiger partial charge >= 0.3 is 0 Å². The van der Waals surface area contributed by atoms with E-state index in [4.69, 9.17) is 0 Å². The first-order valence-electron chi connectivity index (χ1n) is 7.50. The first-order chi connectivity index (χ1) is 8.09. The molecule has 0 aromatic carbocycles. The summed E-state index contributed by atoms with van der Waals surface area (Å²) in [4.78, 5) is 2.50. The molecule has 0 saturated heterocycles. The van der Waals surface area contributed by atoms with Crippen LogP contribution in [0.3, 0.4) is 0 Å². The van der Waals surface area contributed by atoms with Crippen molar-refractivity contribution in [2.75, 3.05) is 26.7 Å². The lowest BCUT2D eigenvalue weighted by Crippen LogP contribution is -2.33. The van der Waals surface area contributed by atoms with Gasteiger partial charge in [0.15, 0.2) is 0 Å². The monoisotopic (exact) mass is 242 g/mol. The van der Waals surface area contributed by atoms with Crippen LogP contribution in [0.25, 0.3) is 0 Å². The highest BCUT2D eigenvalue weighted by Crippen LogP contribution is 2.09. The zero-order valence-corrected chi connectivity index (χ0v) is 12.8. The number of rotatable bonds is 11. The Labute approximate surface area is 109 Å². The van der Waals surface area contributed by atoms with Crippen LogP contribution in [0.5, 0.6) is 0 Å².